The summed E-state index contributed by atoms with van der Waals surface area (Å²) in [6.45, 7) is 3.41. The van der Waals surface area contributed by atoms with Crippen molar-refractivity contribution < 1.29 is 5.11 Å². The largest absolute Gasteiger partial charge is 0.507 e. The number of aromatic hydroxyl groups is 1. The molecule has 20 heavy (non-hydrogen) atoms. The fraction of sp³-hybridized carbons (Fsp3) is 0.308. The predicted molar refractivity (Wildman–Crippen MR) is 76.4 cm³/mol. The van der Waals surface area contributed by atoms with Crippen LogP contribution in [-0.2, 0) is 0 Å². The minimum Gasteiger partial charge on any atom is -0.507 e. The molecule has 0 bridgehead atoms. The van der Waals surface area contributed by atoms with E-state index in [9.17, 15) is 5.11 Å². The van der Waals surface area contributed by atoms with Gasteiger partial charge in [-0.2, -0.15) is 0 Å². The van der Waals surface area contributed by atoms with E-state index in [1.165, 1.54) is 0 Å². The highest BCUT2D eigenvalue weighted by Crippen LogP contribution is 2.28. The molecule has 1 aliphatic heterocycles. The Morgan fingerprint density at radius 1 is 1.15 bits per heavy atom. The quantitative estimate of drug-likeness (QED) is 0.719. The summed E-state index contributed by atoms with van der Waals surface area (Å²) in [6.07, 6.45) is 0. The summed E-state index contributed by atoms with van der Waals surface area (Å²) in [7, 11) is 0. The van der Waals surface area contributed by atoms with Gasteiger partial charge in [0, 0.05) is 26.2 Å². The molecule has 1 aromatic heterocycles. The SMILES string of the molecule is Nc1nnc(-c2ccccc2O)nc1N1CCNCC1. The summed E-state index contributed by atoms with van der Waals surface area (Å²) in [5.41, 5.74) is 6.43. The zero-order chi connectivity index (χ0) is 13.9. The number of para-hydroxylation sites is 1. The number of hydrogen-bond donors (Lipinski definition) is 3. The second kappa shape index (κ2) is 5.30. The predicted octanol–water partition coefficient (Wildman–Crippen LogP) is 0.236. The van der Waals surface area contributed by atoms with Gasteiger partial charge in [0.2, 0.25) is 0 Å². The Morgan fingerprint density at radius 3 is 2.65 bits per heavy atom. The van der Waals surface area contributed by atoms with E-state index in [1.54, 1.807) is 18.2 Å². The van der Waals surface area contributed by atoms with E-state index in [4.69, 9.17) is 5.73 Å². The van der Waals surface area contributed by atoms with Gasteiger partial charge in [0.15, 0.2) is 17.5 Å². The van der Waals surface area contributed by atoms with Gasteiger partial charge in [-0.15, -0.1) is 10.2 Å². The second-order valence-corrected chi connectivity index (χ2v) is 4.60. The minimum absolute atomic E-state index is 0.130. The third-order valence-corrected chi connectivity index (χ3v) is 3.25. The number of phenols is 1. The zero-order valence-electron chi connectivity index (χ0n) is 11.0. The topological polar surface area (TPSA) is 100 Å². The number of aromatic nitrogens is 3. The number of phenolic OH excluding ortho intramolecular Hbond substituents is 1. The molecular weight excluding hydrogens is 256 g/mol. The number of nitrogens with one attached hydrogen (secondary N) is 1. The number of anilines is 2. The Labute approximate surface area is 116 Å². The highest BCUT2D eigenvalue weighted by molar-refractivity contribution is 5.67. The molecule has 3 rings (SSSR count). The van der Waals surface area contributed by atoms with Crippen LogP contribution < -0.4 is 16.0 Å². The van der Waals surface area contributed by atoms with Gasteiger partial charge in [-0.05, 0) is 12.1 Å². The van der Waals surface area contributed by atoms with Gasteiger partial charge < -0.3 is 21.1 Å². The number of nitrogen functional groups attached to an aromatic ring is 1. The lowest BCUT2D eigenvalue weighted by Crippen LogP contribution is -2.44. The third kappa shape index (κ3) is 2.35. The van der Waals surface area contributed by atoms with Crippen LogP contribution in [-0.4, -0.2) is 46.5 Å². The molecule has 2 aromatic rings. The lowest BCUT2D eigenvalue weighted by Gasteiger charge is -2.28. The molecule has 0 atom stereocenters. The van der Waals surface area contributed by atoms with Crippen molar-refractivity contribution >= 4 is 11.6 Å². The molecule has 0 unspecified atom stereocenters. The van der Waals surface area contributed by atoms with Gasteiger partial charge >= 0.3 is 0 Å². The number of hydrogen-bond acceptors (Lipinski definition) is 7. The molecule has 7 nitrogen and oxygen atoms in total. The molecule has 0 saturated carbocycles. The van der Waals surface area contributed by atoms with Gasteiger partial charge in [-0.1, -0.05) is 12.1 Å². The maximum atomic E-state index is 9.87. The van der Waals surface area contributed by atoms with Crippen LogP contribution in [0.2, 0.25) is 0 Å². The molecule has 4 N–H and O–H groups in total. The van der Waals surface area contributed by atoms with Crippen molar-refractivity contribution in [3.63, 3.8) is 0 Å². The first kappa shape index (κ1) is 12.6. The Kier molecular flexibility index (Phi) is 3.34. The molecule has 0 aliphatic carbocycles. The van der Waals surface area contributed by atoms with E-state index >= 15 is 0 Å². The van der Waals surface area contributed by atoms with Crippen molar-refractivity contribution in [1.29, 1.82) is 0 Å². The highest BCUT2D eigenvalue weighted by atomic mass is 16.3. The molecule has 0 radical (unpaired) electrons. The normalized spacial score (nSPS) is 15.3. The molecule has 0 spiro atoms. The summed E-state index contributed by atoms with van der Waals surface area (Å²) < 4.78 is 0. The average Bonchev–Trinajstić information content (AvgIpc) is 2.49. The molecule has 1 saturated heterocycles. The standard InChI is InChI=1S/C13H16N6O/c14-11-13(19-7-5-15-6-8-19)16-12(18-17-11)9-3-1-2-4-10(9)20/h1-4,15,20H,5-8H2,(H2,14,17). The summed E-state index contributed by atoms with van der Waals surface area (Å²) in [6, 6.07) is 6.92. The molecule has 2 heterocycles. The zero-order valence-corrected chi connectivity index (χ0v) is 11.0. The first-order valence-corrected chi connectivity index (χ1v) is 6.50. The van der Waals surface area contributed by atoms with Crippen molar-refractivity contribution in [2.24, 2.45) is 0 Å². The number of rotatable bonds is 2. The van der Waals surface area contributed by atoms with Gasteiger partial charge in [-0.3, -0.25) is 0 Å². The van der Waals surface area contributed by atoms with Crippen LogP contribution in [0, 0.1) is 0 Å². The van der Waals surface area contributed by atoms with Crippen molar-refractivity contribution in [3.8, 4) is 17.1 Å². The maximum Gasteiger partial charge on any atom is 0.189 e. The minimum atomic E-state index is 0.130. The average molecular weight is 272 g/mol. The molecule has 7 heteroatoms. The van der Waals surface area contributed by atoms with Crippen molar-refractivity contribution in [2.45, 2.75) is 0 Å². The molecule has 1 aliphatic rings. The first-order valence-electron chi connectivity index (χ1n) is 6.50. The van der Waals surface area contributed by atoms with Crippen molar-refractivity contribution in [2.75, 3.05) is 36.8 Å². The lowest BCUT2D eigenvalue weighted by molar-refractivity contribution is 0.476. The number of piperazine rings is 1. The van der Waals surface area contributed by atoms with Crippen LogP contribution in [0.4, 0.5) is 11.6 Å². The third-order valence-electron chi connectivity index (χ3n) is 3.25. The smallest absolute Gasteiger partial charge is 0.189 e. The Morgan fingerprint density at radius 2 is 1.90 bits per heavy atom. The summed E-state index contributed by atoms with van der Waals surface area (Å²) >= 11 is 0. The molecule has 104 valence electrons. The van der Waals surface area contributed by atoms with Crippen LogP contribution in [0.25, 0.3) is 11.4 Å². The van der Waals surface area contributed by atoms with Crippen LogP contribution in [0.5, 0.6) is 5.75 Å². The van der Waals surface area contributed by atoms with Gasteiger partial charge in [0.25, 0.3) is 0 Å². The maximum absolute atomic E-state index is 9.87. The summed E-state index contributed by atoms with van der Waals surface area (Å²) in [4.78, 5) is 6.54. The van der Waals surface area contributed by atoms with Crippen LogP contribution >= 0.6 is 0 Å². The van der Waals surface area contributed by atoms with E-state index in [0.29, 0.717) is 23.0 Å². The van der Waals surface area contributed by atoms with E-state index in [-0.39, 0.29) is 5.75 Å². The second-order valence-electron chi connectivity index (χ2n) is 4.60. The van der Waals surface area contributed by atoms with Crippen LogP contribution in [0.15, 0.2) is 24.3 Å². The summed E-state index contributed by atoms with van der Waals surface area (Å²) in [5, 5.41) is 21.1. The Bertz CT molecular complexity index is 612. The van der Waals surface area contributed by atoms with E-state index < -0.39 is 0 Å². The molecule has 1 fully saturated rings. The van der Waals surface area contributed by atoms with E-state index in [1.807, 2.05) is 6.07 Å². The summed E-state index contributed by atoms with van der Waals surface area (Å²) in [5.74, 6) is 1.45. The fourth-order valence-electron chi connectivity index (χ4n) is 2.21. The fourth-order valence-corrected chi connectivity index (χ4v) is 2.21. The van der Waals surface area contributed by atoms with Crippen molar-refractivity contribution in [3.05, 3.63) is 24.3 Å². The number of nitrogens with zero attached hydrogens (tertiary/aromatic N) is 4. The Balaban J connectivity index is 2.00. The van der Waals surface area contributed by atoms with Crippen LogP contribution in [0.1, 0.15) is 0 Å². The van der Waals surface area contributed by atoms with E-state index in [0.717, 1.165) is 26.2 Å². The number of nitrogens with two attached hydrogens (primary N) is 1. The monoisotopic (exact) mass is 272 g/mol. The van der Waals surface area contributed by atoms with Crippen LogP contribution in [0.3, 0.4) is 0 Å². The van der Waals surface area contributed by atoms with Gasteiger partial charge in [0.05, 0.1) is 5.56 Å². The molecule has 0 amide bonds. The molecular formula is C13H16N6O. The first-order chi connectivity index (χ1) is 9.75. The highest BCUT2D eigenvalue weighted by Gasteiger charge is 2.18. The lowest BCUT2D eigenvalue weighted by atomic mass is 10.2. The molecule has 1 aromatic carbocycles. The Hall–Kier alpha value is -2.41. The number of benzene rings is 1. The van der Waals surface area contributed by atoms with Gasteiger partial charge in [-0.25, -0.2) is 4.98 Å². The van der Waals surface area contributed by atoms with Crippen molar-refractivity contribution in [1.82, 2.24) is 20.5 Å². The van der Waals surface area contributed by atoms with Gasteiger partial charge in [0.1, 0.15) is 5.75 Å². The van der Waals surface area contributed by atoms with E-state index in [2.05, 4.69) is 25.4 Å².